The Morgan fingerprint density at radius 2 is 0.736 bits per heavy atom. The lowest BCUT2D eigenvalue weighted by atomic mass is 9.97. The van der Waals surface area contributed by atoms with Crippen molar-refractivity contribution < 1.29 is 4.42 Å². The van der Waals surface area contributed by atoms with Crippen molar-refractivity contribution in [2.75, 3.05) is 0 Å². The molecule has 10 aromatic rings. The zero-order chi connectivity index (χ0) is 34.6. The first-order valence-electron chi connectivity index (χ1n) is 17.8. The first-order chi connectivity index (χ1) is 26.3. The van der Waals surface area contributed by atoms with Crippen LogP contribution >= 0.6 is 0 Å². The second-order valence-corrected chi connectivity index (χ2v) is 13.7. The van der Waals surface area contributed by atoms with E-state index in [0.29, 0.717) is 23.4 Å². The molecule has 0 bridgehead atoms. The molecule has 2 aromatic heterocycles. The maximum absolute atomic E-state index is 6.08. The highest BCUT2D eigenvalue weighted by Gasteiger charge is 2.26. The van der Waals surface area contributed by atoms with Gasteiger partial charge in [-0.3, -0.25) is 0 Å². The molecule has 53 heavy (non-hydrogen) atoms. The van der Waals surface area contributed by atoms with Gasteiger partial charge in [-0.2, -0.15) is 0 Å². The van der Waals surface area contributed by atoms with Crippen LogP contribution in [-0.2, 0) is 0 Å². The second-order valence-electron chi connectivity index (χ2n) is 13.7. The highest BCUT2D eigenvalue weighted by molar-refractivity contribution is 6.19. The van der Waals surface area contributed by atoms with Gasteiger partial charge in [0.25, 0.3) is 0 Å². The monoisotopic (exact) mass is 674 g/mol. The summed E-state index contributed by atoms with van der Waals surface area (Å²) in [4.78, 5) is 20.4. The smallest absolute Gasteiger partial charge is 0.227 e. The minimum atomic E-state index is 0.581. The molecule has 0 atom stereocenters. The maximum Gasteiger partial charge on any atom is 0.227 e. The molecule has 0 fully saturated rings. The van der Waals surface area contributed by atoms with Crippen LogP contribution in [-0.4, -0.2) is 19.9 Å². The van der Waals surface area contributed by atoms with Crippen LogP contribution < -0.4 is 0 Å². The quantitative estimate of drug-likeness (QED) is 0.186. The van der Waals surface area contributed by atoms with Gasteiger partial charge in [0, 0.05) is 22.3 Å². The first-order valence-corrected chi connectivity index (χ1v) is 17.8. The van der Waals surface area contributed by atoms with E-state index in [1.165, 1.54) is 55.3 Å². The minimum absolute atomic E-state index is 0.581. The molecule has 2 heterocycles. The summed E-state index contributed by atoms with van der Waals surface area (Å²) in [6.45, 7) is 0. The van der Waals surface area contributed by atoms with Gasteiger partial charge in [0.1, 0.15) is 5.52 Å². The van der Waals surface area contributed by atoms with Gasteiger partial charge in [0.2, 0.25) is 5.89 Å². The molecule has 8 aromatic carbocycles. The largest absolute Gasteiger partial charge is 0.436 e. The van der Waals surface area contributed by atoms with Crippen molar-refractivity contribution in [1.29, 1.82) is 0 Å². The van der Waals surface area contributed by atoms with E-state index in [0.717, 1.165) is 44.1 Å². The molecule has 0 spiro atoms. The molecule has 244 valence electrons. The van der Waals surface area contributed by atoms with Crippen LogP contribution in [0, 0.1) is 0 Å². The summed E-state index contributed by atoms with van der Waals surface area (Å²) < 4.78 is 6.08. The van der Waals surface area contributed by atoms with E-state index in [-0.39, 0.29) is 0 Å². The van der Waals surface area contributed by atoms with Crippen LogP contribution in [0.2, 0.25) is 0 Å². The van der Waals surface area contributed by atoms with E-state index in [2.05, 4.69) is 109 Å². The van der Waals surface area contributed by atoms with E-state index in [4.69, 9.17) is 24.4 Å². The molecule has 0 aliphatic heterocycles. The van der Waals surface area contributed by atoms with Crippen molar-refractivity contribution in [1.82, 2.24) is 19.9 Å². The molecule has 0 unspecified atom stereocenters. The van der Waals surface area contributed by atoms with Crippen molar-refractivity contribution in [3.05, 3.63) is 158 Å². The van der Waals surface area contributed by atoms with Crippen molar-refractivity contribution in [2.24, 2.45) is 0 Å². The van der Waals surface area contributed by atoms with Gasteiger partial charge in [0.15, 0.2) is 23.1 Å². The summed E-state index contributed by atoms with van der Waals surface area (Å²) in [7, 11) is 0. The number of hydrogen-bond donors (Lipinski definition) is 0. The number of fused-ring (bicyclic) bond motifs is 7. The van der Waals surface area contributed by atoms with E-state index in [9.17, 15) is 0 Å². The molecule has 0 radical (unpaired) electrons. The first kappa shape index (κ1) is 28.5. The summed E-state index contributed by atoms with van der Waals surface area (Å²) in [6, 6.07) is 55.1. The van der Waals surface area contributed by atoms with Crippen molar-refractivity contribution in [2.45, 2.75) is 0 Å². The van der Waals surface area contributed by atoms with Gasteiger partial charge >= 0.3 is 0 Å². The van der Waals surface area contributed by atoms with Crippen LogP contribution in [0.3, 0.4) is 0 Å². The standard InChI is InChI=1S/C48H26N4O/c1-3-11-31-29(9-1)33-13-7-15-35-39(25-23-37(31)43(33)35)46-50-45(27-19-21-28(22-20-27)48-49-41-17-5-6-18-42(41)53-48)51-47(52-46)40-26-24-38-32-12-4-2-10-30(32)34-14-8-16-36(40)44(34)38/h1-26H. The van der Waals surface area contributed by atoms with E-state index in [1.54, 1.807) is 0 Å². The molecule has 0 saturated heterocycles. The Kier molecular flexibility index (Phi) is 5.71. The highest BCUT2D eigenvalue weighted by Crippen LogP contribution is 2.50. The molecule has 0 saturated carbocycles. The summed E-state index contributed by atoms with van der Waals surface area (Å²) in [5, 5.41) is 4.73. The molecule has 5 nitrogen and oxygen atoms in total. The Labute approximate surface area is 303 Å². The molecule has 5 heteroatoms. The summed E-state index contributed by atoms with van der Waals surface area (Å²) in [6.07, 6.45) is 0. The van der Waals surface area contributed by atoms with E-state index < -0.39 is 0 Å². The summed E-state index contributed by atoms with van der Waals surface area (Å²) in [5.74, 6) is 2.46. The van der Waals surface area contributed by atoms with Crippen LogP contribution in [0.4, 0.5) is 0 Å². The maximum atomic E-state index is 6.08. The Bertz CT molecular complexity index is 2930. The number of aromatic nitrogens is 4. The number of hydrogen-bond acceptors (Lipinski definition) is 5. The summed E-state index contributed by atoms with van der Waals surface area (Å²) >= 11 is 0. The Morgan fingerprint density at radius 3 is 1.28 bits per heavy atom. The predicted molar refractivity (Wildman–Crippen MR) is 213 cm³/mol. The van der Waals surface area contributed by atoms with Gasteiger partial charge in [-0.25, -0.2) is 19.9 Å². The lowest BCUT2D eigenvalue weighted by molar-refractivity contribution is 0.620. The molecule has 0 amide bonds. The van der Waals surface area contributed by atoms with Crippen molar-refractivity contribution in [3.63, 3.8) is 0 Å². The van der Waals surface area contributed by atoms with Gasteiger partial charge in [0.05, 0.1) is 0 Å². The Hall–Kier alpha value is -7.24. The lowest BCUT2D eigenvalue weighted by Crippen LogP contribution is -2.01. The topological polar surface area (TPSA) is 64.7 Å². The van der Waals surface area contributed by atoms with Crippen LogP contribution in [0.1, 0.15) is 0 Å². The third kappa shape index (κ3) is 4.07. The zero-order valence-electron chi connectivity index (χ0n) is 28.2. The molecular weight excluding hydrogens is 649 g/mol. The SMILES string of the molecule is c1ccc2c(c1)-c1cccc3c(-c4nc(-c5ccc(-c6nc7ccccc7o6)cc5)nc(-c5ccc6c7c(cccc57)-c5ccccc5-6)n4)ccc-2c13. The number of rotatable bonds is 4. The van der Waals surface area contributed by atoms with Crippen molar-refractivity contribution in [3.8, 4) is 90.1 Å². The van der Waals surface area contributed by atoms with Crippen LogP contribution in [0.15, 0.2) is 162 Å². The molecular formula is C48H26N4O. The number of nitrogens with zero attached hydrogens (tertiary/aromatic N) is 4. The molecule has 12 rings (SSSR count). The third-order valence-corrected chi connectivity index (χ3v) is 10.9. The lowest BCUT2D eigenvalue weighted by Gasteiger charge is -2.13. The van der Waals surface area contributed by atoms with Gasteiger partial charge in [-0.05, 0) is 102 Å². The second kappa shape index (κ2) is 10.6. The van der Waals surface area contributed by atoms with Gasteiger partial charge in [-0.15, -0.1) is 0 Å². The molecule has 2 aliphatic rings. The highest BCUT2D eigenvalue weighted by atomic mass is 16.3. The van der Waals surface area contributed by atoms with Crippen molar-refractivity contribution >= 4 is 32.6 Å². The average molecular weight is 675 g/mol. The third-order valence-electron chi connectivity index (χ3n) is 10.9. The fourth-order valence-corrected chi connectivity index (χ4v) is 8.51. The van der Waals surface area contributed by atoms with Gasteiger partial charge in [-0.1, -0.05) is 121 Å². The summed E-state index contributed by atoms with van der Waals surface area (Å²) in [5.41, 5.74) is 15.3. The average Bonchev–Trinajstić information content (AvgIpc) is 3.91. The fourth-order valence-electron chi connectivity index (χ4n) is 8.51. The number of para-hydroxylation sites is 2. The van der Waals surface area contributed by atoms with E-state index in [1.807, 2.05) is 48.5 Å². The Balaban J connectivity index is 1.07. The minimum Gasteiger partial charge on any atom is -0.436 e. The van der Waals surface area contributed by atoms with Gasteiger partial charge < -0.3 is 4.42 Å². The number of oxazole rings is 1. The fraction of sp³-hybridized carbons (Fsp3) is 0. The zero-order valence-corrected chi connectivity index (χ0v) is 28.2. The molecule has 0 N–H and O–H groups in total. The Morgan fingerprint density at radius 1 is 0.302 bits per heavy atom. The normalized spacial score (nSPS) is 12.2. The van der Waals surface area contributed by atoms with Crippen LogP contribution in [0.25, 0.3) is 123 Å². The number of benzene rings is 8. The van der Waals surface area contributed by atoms with E-state index >= 15 is 0 Å². The molecule has 2 aliphatic carbocycles. The predicted octanol–water partition coefficient (Wildman–Crippen LogP) is 12.3. The van der Waals surface area contributed by atoms with Crippen LogP contribution in [0.5, 0.6) is 0 Å².